The van der Waals surface area contributed by atoms with Gasteiger partial charge >= 0.3 is 6.03 Å². The number of nitrogens with zero attached hydrogens (tertiary/aromatic N) is 2. The first-order valence-corrected chi connectivity index (χ1v) is 7.70. The molecule has 1 aliphatic carbocycles. The Kier molecular flexibility index (Phi) is 5.52. The fraction of sp³-hybridized carbons (Fsp3) is 0.500. The molecule has 2 rings (SSSR count). The standard InChI is InChI=1S/C16H20N4O3/c1-11-4-2-3-5-13(11)18-16(23)19-14(21)10-20-9-12(8-17)6-7-15(20)22/h6-7,9,11,13H,2-5,10H2,1H3,(H2,18,19,21,23). The summed E-state index contributed by atoms with van der Waals surface area (Å²) < 4.78 is 1.10. The number of imide groups is 1. The summed E-state index contributed by atoms with van der Waals surface area (Å²) in [5.41, 5.74) is -0.127. The second-order valence-corrected chi connectivity index (χ2v) is 5.89. The maximum absolute atomic E-state index is 11.9. The summed E-state index contributed by atoms with van der Waals surface area (Å²) in [7, 11) is 0. The molecule has 23 heavy (non-hydrogen) atoms. The lowest BCUT2D eigenvalue weighted by Crippen LogP contribution is -2.48. The largest absolute Gasteiger partial charge is 0.335 e. The predicted molar refractivity (Wildman–Crippen MR) is 83.5 cm³/mol. The van der Waals surface area contributed by atoms with Gasteiger partial charge in [0.2, 0.25) is 5.91 Å². The fourth-order valence-corrected chi connectivity index (χ4v) is 2.78. The van der Waals surface area contributed by atoms with Crippen molar-refractivity contribution >= 4 is 11.9 Å². The van der Waals surface area contributed by atoms with E-state index in [0.29, 0.717) is 5.92 Å². The van der Waals surface area contributed by atoms with E-state index >= 15 is 0 Å². The number of hydrogen-bond acceptors (Lipinski definition) is 4. The van der Waals surface area contributed by atoms with Crippen molar-refractivity contribution in [1.29, 1.82) is 5.26 Å². The Labute approximate surface area is 134 Å². The summed E-state index contributed by atoms with van der Waals surface area (Å²) in [4.78, 5) is 35.4. The quantitative estimate of drug-likeness (QED) is 0.872. The lowest BCUT2D eigenvalue weighted by molar-refractivity contribution is -0.120. The predicted octanol–water partition coefficient (Wildman–Crippen LogP) is 1.12. The molecule has 2 atom stereocenters. The van der Waals surface area contributed by atoms with E-state index in [1.165, 1.54) is 18.3 Å². The van der Waals surface area contributed by atoms with Crippen LogP contribution in [0.3, 0.4) is 0 Å². The van der Waals surface area contributed by atoms with Crippen LogP contribution in [0, 0.1) is 17.2 Å². The molecule has 1 fully saturated rings. The van der Waals surface area contributed by atoms with Crippen LogP contribution >= 0.6 is 0 Å². The van der Waals surface area contributed by atoms with Gasteiger partial charge in [0.1, 0.15) is 12.6 Å². The van der Waals surface area contributed by atoms with Crippen LogP contribution in [0.25, 0.3) is 0 Å². The van der Waals surface area contributed by atoms with E-state index in [2.05, 4.69) is 17.6 Å². The molecule has 0 saturated heterocycles. The number of amides is 3. The van der Waals surface area contributed by atoms with Crippen LogP contribution in [0.2, 0.25) is 0 Å². The normalized spacial score (nSPS) is 20.3. The molecule has 1 saturated carbocycles. The molecule has 0 radical (unpaired) electrons. The number of nitrogens with one attached hydrogen (secondary N) is 2. The maximum atomic E-state index is 11.9. The van der Waals surface area contributed by atoms with Crippen molar-refractivity contribution in [3.63, 3.8) is 0 Å². The molecule has 1 aromatic heterocycles. The first-order valence-electron chi connectivity index (χ1n) is 7.70. The first kappa shape index (κ1) is 16.7. The average molecular weight is 316 g/mol. The highest BCUT2D eigenvalue weighted by atomic mass is 16.2. The molecule has 122 valence electrons. The Balaban J connectivity index is 1.90. The van der Waals surface area contributed by atoms with Gasteiger partial charge in [-0.1, -0.05) is 19.8 Å². The maximum Gasteiger partial charge on any atom is 0.321 e. The number of hydrogen-bond donors (Lipinski definition) is 2. The second kappa shape index (κ2) is 7.58. The summed E-state index contributed by atoms with van der Waals surface area (Å²) in [6.45, 7) is 1.78. The first-order chi connectivity index (χ1) is 11.0. The molecule has 0 aromatic carbocycles. The summed E-state index contributed by atoms with van der Waals surface area (Å²) in [6.07, 6.45) is 5.50. The smallest absolute Gasteiger partial charge is 0.321 e. The zero-order valence-corrected chi connectivity index (χ0v) is 13.0. The minimum absolute atomic E-state index is 0.0705. The second-order valence-electron chi connectivity index (χ2n) is 5.89. The van der Waals surface area contributed by atoms with E-state index in [0.717, 1.165) is 30.3 Å². The van der Waals surface area contributed by atoms with Crippen molar-refractivity contribution in [2.45, 2.75) is 45.2 Å². The van der Waals surface area contributed by atoms with Crippen molar-refractivity contribution in [3.05, 3.63) is 34.2 Å². The van der Waals surface area contributed by atoms with Crippen molar-refractivity contribution in [1.82, 2.24) is 15.2 Å². The van der Waals surface area contributed by atoms with Crippen LogP contribution in [0.15, 0.2) is 23.1 Å². The average Bonchev–Trinajstić information content (AvgIpc) is 2.51. The molecule has 2 N–H and O–H groups in total. The molecule has 0 spiro atoms. The fourth-order valence-electron chi connectivity index (χ4n) is 2.78. The van der Waals surface area contributed by atoms with Gasteiger partial charge in [0, 0.05) is 18.3 Å². The number of rotatable bonds is 3. The molecular weight excluding hydrogens is 296 g/mol. The number of carbonyl (C=O) groups is 2. The zero-order valence-electron chi connectivity index (χ0n) is 13.0. The lowest BCUT2D eigenvalue weighted by atomic mass is 9.86. The summed E-state index contributed by atoms with van der Waals surface area (Å²) in [6, 6.07) is 4.02. The van der Waals surface area contributed by atoms with Gasteiger partial charge in [-0.05, 0) is 24.8 Å². The van der Waals surface area contributed by atoms with E-state index in [1.807, 2.05) is 6.07 Å². The molecular formula is C16H20N4O3. The van der Waals surface area contributed by atoms with Crippen LogP contribution in [0.5, 0.6) is 0 Å². The number of urea groups is 1. The molecule has 1 heterocycles. The number of carbonyl (C=O) groups excluding carboxylic acids is 2. The third-order valence-corrected chi connectivity index (χ3v) is 4.11. The summed E-state index contributed by atoms with van der Waals surface area (Å²) in [5, 5.41) is 13.9. The van der Waals surface area contributed by atoms with Gasteiger partial charge in [-0.25, -0.2) is 4.79 Å². The minimum atomic E-state index is -0.594. The van der Waals surface area contributed by atoms with Gasteiger partial charge < -0.3 is 9.88 Å². The van der Waals surface area contributed by atoms with E-state index in [4.69, 9.17) is 5.26 Å². The third-order valence-electron chi connectivity index (χ3n) is 4.11. The Morgan fingerprint density at radius 1 is 1.35 bits per heavy atom. The van der Waals surface area contributed by atoms with Gasteiger partial charge in [0.25, 0.3) is 5.56 Å². The van der Waals surface area contributed by atoms with Gasteiger partial charge in [-0.3, -0.25) is 14.9 Å². The van der Waals surface area contributed by atoms with Crippen LogP contribution < -0.4 is 16.2 Å². The summed E-state index contributed by atoms with van der Waals surface area (Å²) >= 11 is 0. The molecule has 3 amide bonds. The van der Waals surface area contributed by atoms with Crippen LogP contribution in [0.4, 0.5) is 4.79 Å². The Morgan fingerprint density at radius 2 is 2.09 bits per heavy atom. The Morgan fingerprint density at radius 3 is 2.78 bits per heavy atom. The van der Waals surface area contributed by atoms with Crippen molar-refractivity contribution in [2.24, 2.45) is 5.92 Å². The van der Waals surface area contributed by atoms with Crippen molar-refractivity contribution in [3.8, 4) is 6.07 Å². The van der Waals surface area contributed by atoms with Crippen LogP contribution in [-0.2, 0) is 11.3 Å². The van der Waals surface area contributed by atoms with Gasteiger partial charge in [-0.2, -0.15) is 5.26 Å². The van der Waals surface area contributed by atoms with Gasteiger partial charge in [0.15, 0.2) is 0 Å². The SMILES string of the molecule is CC1CCCCC1NC(=O)NC(=O)Cn1cc(C#N)ccc1=O. The molecule has 7 heteroatoms. The van der Waals surface area contributed by atoms with Crippen molar-refractivity contribution < 1.29 is 9.59 Å². The number of pyridine rings is 1. The van der Waals surface area contributed by atoms with Gasteiger partial charge in [0.05, 0.1) is 5.56 Å². The molecule has 7 nitrogen and oxygen atoms in total. The molecule has 0 aliphatic heterocycles. The zero-order chi connectivity index (χ0) is 16.8. The van der Waals surface area contributed by atoms with Crippen molar-refractivity contribution in [2.75, 3.05) is 0 Å². The molecule has 0 bridgehead atoms. The number of nitriles is 1. The topological polar surface area (TPSA) is 104 Å². The summed E-state index contributed by atoms with van der Waals surface area (Å²) in [5.74, 6) is -0.206. The highest BCUT2D eigenvalue weighted by Gasteiger charge is 2.23. The highest BCUT2D eigenvalue weighted by molar-refractivity contribution is 5.94. The van der Waals surface area contributed by atoms with Crippen LogP contribution in [-0.4, -0.2) is 22.5 Å². The monoisotopic (exact) mass is 316 g/mol. The Hall–Kier alpha value is -2.62. The van der Waals surface area contributed by atoms with Gasteiger partial charge in [-0.15, -0.1) is 0 Å². The number of aromatic nitrogens is 1. The van der Waals surface area contributed by atoms with E-state index in [-0.39, 0.29) is 18.2 Å². The highest BCUT2D eigenvalue weighted by Crippen LogP contribution is 2.23. The minimum Gasteiger partial charge on any atom is -0.335 e. The molecule has 2 unspecified atom stereocenters. The Bertz CT molecular complexity index is 689. The lowest BCUT2D eigenvalue weighted by Gasteiger charge is -2.29. The van der Waals surface area contributed by atoms with E-state index < -0.39 is 17.5 Å². The van der Waals surface area contributed by atoms with Crippen LogP contribution in [0.1, 0.15) is 38.2 Å². The molecule has 1 aromatic rings. The molecule has 1 aliphatic rings. The third kappa shape index (κ3) is 4.68. The van der Waals surface area contributed by atoms with E-state index in [1.54, 1.807) is 0 Å². The van der Waals surface area contributed by atoms with E-state index in [9.17, 15) is 14.4 Å².